The zero-order valence-electron chi connectivity index (χ0n) is 15.7. The molecule has 1 aliphatic rings. The number of carbonyl (C=O) groups is 1. The zero-order valence-corrected chi connectivity index (χ0v) is 16.5. The smallest absolute Gasteiger partial charge is 0.344 e. The standard InChI is InChI=1S/C22H21NO4S/c1-3-26-17-12-10-15(11-13-17)14-18-20(24)19(22(25)27-4-2)21(28-18)23-16-8-6-5-7-9-16/h5-14,24H,3-4H2,1-2H3. The van der Waals surface area contributed by atoms with Crippen molar-refractivity contribution < 1.29 is 19.4 Å². The van der Waals surface area contributed by atoms with E-state index in [-0.39, 0.29) is 17.9 Å². The molecule has 0 unspecified atom stereocenters. The molecule has 0 atom stereocenters. The number of aliphatic hydroxyl groups excluding tert-OH is 1. The van der Waals surface area contributed by atoms with E-state index in [0.717, 1.165) is 11.3 Å². The molecule has 0 aliphatic carbocycles. The Bertz CT molecular complexity index is 931. The number of aliphatic imine (C=N–C) groups is 1. The molecular weight excluding hydrogens is 374 g/mol. The van der Waals surface area contributed by atoms with Gasteiger partial charge in [-0.1, -0.05) is 42.1 Å². The lowest BCUT2D eigenvalue weighted by Gasteiger charge is -2.03. The van der Waals surface area contributed by atoms with Crippen LogP contribution in [0.3, 0.4) is 0 Å². The number of ether oxygens (including phenoxy) is 2. The van der Waals surface area contributed by atoms with E-state index < -0.39 is 5.97 Å². The molecule has 1 heterocycles. The molecule has 2 aromatic rings. The van der Waals surface area contributed by atoms with Gasteiger partial charge in [0.25, 0.3) is 0 Å². The molecule has 0 saturated heterocycles. The Morgan fingerprint density at radius 3 is 2.43 bits per heavy atom. The van der Waals surface area contributed by atoms with E-state index in [0.29, 0.717) is 22.2 Å². The Hall–Kier alpha value is -2.99. The summed E-state index contributed by atoms with van der Waals surface area (Å²) in [5, 5.41) is 11.1. The summed E-state index contributed by atoms with van der Waals surface area (Å²) in [5.41, 5.74) is 1.66. The molecule has 0 aromatic heterocycles. The third kappa shape index (κ3) is 4.64. The monoisotopic (exact) mass is 395 g/mol. The van der Waals surface area contributed by atoms with E-state index in [2.05, 4.69) is 4.99 Å². The number of para-hydroxylation sites is 1. The van der Waals surface area contributed by atoms with Crippen molar-refractivity contribution >= 4 is 34.5 Å². The second-order valence-corrected chi connectivity index (χ2v) is 6.84. The number of thioether (sulfide) groups is 1. The van der Waals surface area contributed by atoms with Gasteiger partial charge in [-0.15, -0.1) is 0 Å². The van der Waals surface area contributed by atoms with Gasteiger partial charge in [-0.3, -0.25) is 0 Å². The molecule has 1 N–H and O–H groups in total. The van der Waals surface area contributed by atoms with Crippen LogP contribution in [0.1, 0.15) is 19.4 Å². The van der Waals surface area contributed by atoms with Gasteiger partial charge >= 0.3 is 5.97 Å². The first-order valence-corrected chi connectivity index (χ1v) is 9.81. The molecule has 0 fully saturated rings. The van der Waals surface area contributed by atoms with E-state index in [1.54, 1.807) is 6.92 Å². The van der Waals surface area contributed by atoms with Crippen LogP contribution in [-0.4, -0.2) is 29.3 Å². The van der Waals surface area contributed by atoms with Gasteiger partial charge in [-0.25, -0.2) is 9.79 Å². The number of nitrogens with zero attached hydrogens (tertiary/aromatic N) is 1. The summed E-state index contributed by atoms with van der Waals surface area (Å²) in [6, 6.07) is 16.8. The van der Waals surface area contributed by atoms with Gasteiger partial charge in [0.15, 0.2) is 0 Å². The van der Waals surface area contributed by atoms with Crippen LogP contribution in [0.4, 0.5) is 5.69 Å². The summed E-state index contributed by atoms with van der Waals surface area (Å²) < 4.78 is 10.6. The average molecular weight is 395 g/mol. The van der Waals surface area contributed by atoms with Crippen molar-refractivity contribution in [2.75, 3.05) is 13.2 Å². The Morgan fingerprint density at radius 1 is 1.07 bits per heavy atom. The minimum atomic E-state index is -0.586. The van der Waals surface area contributed by atoms with Crippen molar-refractivity contribution in [1.29, 1.82) is 0 Å². The fourth-order valence-corrected chi connectivity index (χ4v) is 3.63. The molecule has 1 aliphatic heterocycles. The molecule has 0 amide bonds. The number of benzene rings is 2. The Balaban J connectivity index is 1.96. The maximum Gasteiger partial charge on any atom is 0.344 e. The van der Waals surface area contributed by atoms with Gasteiger partial charge in [0, 0.05) is 0 Å². The zero-order chi connectivity index (χ0) is 19.9. The van der Waals surface area contributed by atoms with Gasteiger partial charge in [-0.05, 0) is 49.8 Å². The van der Waals surface area contributed by atoms with Crippen LogP contribution in [0, 0.1) is 0 Å². The third-order valence-electron chi connectivity index (χ3n) is 3.85. The number of hydrogen-bond donors (Lipinski definition) is 1. The SMILES string of the molecule is CCOC(=O)C1=C(O)C(=Cc2ccc(OCC)cc2)SC1=Nc1ccccc1. The maximum absolute atomic E-state index is 12.4. The van der Waals surface area contributed by atoms with E-state index in [1.807, 2.05) is 67.6 Å². The van der Waals surface area contributed by atoms with Crippen molar-refractivity contribution in [2.45, 2.75) is 13.8 Å². The van der Waals surface area contributed by atoms with Crippen LogP contribution in [-0.2, 0) is 9.53 Å². The molecule has 5 nitrogen and oxygen atoms in total. The highest BCUT2D eigenvalue weighted by Crippen LogP contribution is 2.40. The highest BCUT2D eigenvalue weighted by Gasteiger charge is 2.33. The van der Waals surface area contributed by atoms with Crippen LogP contribution < -0.4 is 4.74 Å². The molecule has 6 heteroatoms. The lowest BCUT2D eigenvalue weighted by molar-refractivity contribution is -0.138. The quantitative estimate of drug-likeness (QED) is 0.674. The molecule has 2 aromatic carbocycles. The number of esters is 1. The van der Waals surface area contributed by atoms with Crippen molar-refractivity contribution in [3.63, 3.8) is 0 Å². The number of rotatable bonds is 6. The second-order valence-electron chi connectivity index (χ2n) is 5.81. The molecule has 28 heavy (non-hydrogen) atoms. The first-order chi connectivity index (χ1) is 13.6. The van der Waals surface area contributed by atoms with Crippen molar-refractivity contribution in [2.24, 2.45) is 4.99 Å². The summed E-state index contributed by atoms with van der Waals surface area (Å²) in [6.07, 6.45) is 1.81. The van der Waals surface area contributed by atoms with Gasteiger partial charge in [-0.2, -0.15) is 0 Å². The Morgan fingerprint density at radius 2 is 1.79 bits per heavy atom. The topological polar surface area (TPSA) is 68.1 Å². The molecule has 144 valence electrons. The predicted octanol–water partition coefficient (Wildman–Crippen LogP) is 5.28. The van der Waals surface area contributed by atoms with Crippen LogP contribution in [0.5, 0.6) is 5.75 Å². The van der Waals surface area contributed by atoms with Gasteiger partial charge in [0.1, 0.15) is 22.1 Å². The normalized spacial score (nSPS) is 16.6. The number of hydrogen-bond acceptors (Lipinski definition) is 6. The summed E-state index contributed by atoms with van der Waals surface area (Å²) >= 11 is 1.24. The molecule has 0 spiro atoms. The minimum Gasteiger partial charge on any atom is -0.506 e. The van der Waals surface area contributed by atoms with Gasteiger partial charge in [0.05, 0.1) is 23.8 Å². The Labute approximate surface area is 168 Å². The van der Waals surface area contributed by atoms with E-state index >= 15 is 0 Å². The van der Waals surface area contributed by atoms with E-state index in [1.165, 1.54) is 11.8 Å². The Kier molecular flexibility index (Phi) is 6.55. The highest BCUT2D eigenvalue weighted by atomic mass is 32.2. The number of carbonyl (C=O) groups excluding carboxylic acids is 1. The molecule has 0 saturated carbocycles. The highest BCUT2D eigenvalue weighted by molar-refractivity contribution is 8.18. The van der Waals surface area contributed by atoms with E-state index in [4.69, 9.17) is 9.47 Å². The lowest BCUT2D eigenvalue weighted by atomic mass is 10.1. The maximum atomic E-state index is 12.4. The summed E-state index contributed by atoms with van der Waals surface area (Å²) in [6.45, 7) is 4.47. The fraction of sp³-hybridized carbons (Fsp3) is 0.182. The summed E-state index contributed by atoms with van der Waals surface area (Å²) in [4.78, 5) is 17.5. The predicted molar refractivity (Wildman–Crippen MR) is 113 cm³/mol. The summed E-state index contributed by atoms with van der Waals surface area (Å²) in [5.74, 6) is 0.0753. The van der Waals surface area contributed by atoms with Crippen LogP contribution >= 0.6 is 11.8 Å². The minimum absolute atomic E-state index is 0.0906. The van der Waals surface area contributed by atoms with Crippen molar-refractivity contribution in [1.82, 2.24) is 0 Å². The average Bonchev–Trinajstić information content (AvgIpc) is 2.99. The molecule has 0 radical (unpaired) electrons. The first-order valence-electron chi connectivity index (χ1n) is 8.99. The fourth-order valence-electron chi connectivity index (χ4n) is 2.59. The van der Waals surface area contributed by atoms with E-state index in [9.17, 15) is 9.90 Å². The lowest BCUT2D eigenvalue weighted by Crippen LogP contribution is -2.12. The van der Waals surface area contributed by atoms with Gasteiger partial charge in [0.2, 0.25) is 0 Å². The van der Waals surface area contributed by atoms with Crippen LogP contribution in [0.25, 0.3) is 6.08 Å². The number of aliphatic hydroxyl groups is 1. The largest absolute Gasteiger partial charge is 0.506 e. The second kappa shape index (κ2) is 9.28. The third-order valence-corrected chi connectivity index (χ3v) is 4.87. The van der Waals surface area contributed by atoms with Crippen LogP contribution in [0.15, 0.2) is 75.8 Å². The molecular formula is C22H21NO4S. The van der Waals surface area contributed by atoms with Crippen molar-refractivity contribution in [3.8, 4) is 5.75 Å². The first kappa shape index (κ1) is 19.8. The van der Waals surface area contributed by atoms with Crippen molar-refractivity contribution in [3.05, 3.63) is 76.4 Å². The van der Waals surface area contributed by atoms with Crippen LogP contribution in [0.2, 0.25) is 0 Å². The molecule has 0 bridgehead atoms. The molecule has 3 rings (SSSR count). The van der Waals surface area contributed by atoms with Gasteiger partial charge < -0.3 is 14.6 Å². The summed E-state index contributed by atoms with van der Waals surface area (Å²) in [7, 11) is 0.